The third-order valence-corrected chi connectivity index (χ3v) is 11.0. The van der Waals surface area contributed by atoms with Gasteiger partial charge in [0.05, 0.1) is 33.3 Å². The van der Waals surface area contributed by atoms with E-state index in [1.807, 2.05) is 12.1 Å². The van der Waals surface area contributed by atoms with E-state index < -0.39 is 0 Å². The normalized spacial score (nSPS) is 12.1. The predicted molar refractivity (Wildman–Crippen MR) is 222 cm³/mol. The lowest BCUT2D eigenvalue weighted by atomic mass is 10.1. The Labute approximate surface area is 309 Å². The van der Waals surface area contributed by atoms with E-state index in [1.165, 1.54) is 21.7 Å². The van der Waals surface area contributed by atoms with E-state index in [0.29, 0.717) is 0 Å². The predicted octanol–water partition coefficient (Wildman–Crippen LogP) is 12.8. The fourth-order valence-electron chi connectivity index (χ4n) is 8.70. The largest absolute Gasteiger partial charge is 0.454 e. The number of rotatable bonds is 4. The van der Waals surface area contributed by atoms with Gasteiger partial charge in [0.25, 0.3) is 0 Å². The monoisotopic (exact) mass is 690 g/mol. The zero-order valence-electron chi connectivity index (χ0n) is 29.0. The van der Waals surface area contributed by atoms with E-state index in [4.69, 9.17) is 9.52 Å². The molecule has 8 aromatic carbocycles. The number of hydrogen-bond donors (Lipinski definition) is 0. The Balaban J connectivity index is 1.20. The van der Waals surface area contributed by atoms with E-state index in [2.05, 4.69) is 184 Å². The van der Waals surface area contributed by atoms with Gasteiger partial charge in [0.1, 0.15) is 11.3 Å². The van der Waals surface area contributed by atoms with E-state index in [9.17, 15) is 0 Å². The van der Waals surface area contributed by atoms with Gasteiger partial charge >= 0.3 is 0 Å². The van der Waals surface area contributed by atoms with Crippen LogP contribution in [0.25, 0.3) is 105 Å². The average molecular weight is 691 g/mol. The lowest BCUT2D eigenvalue weighted by molar-refractivity contribution is 0.671. The van der Waals surface area contributed by atoms with Gasteiger partial charge in [0.2, 0.25) is 0 Å². The van der Waals surface area contributed by atoms with Crippen LogP contribution in [0.4, 0.5) is 0 Å². The Morgan fingerprint density at radius 2 is 1.00 bits per heavy atom. The number of benzene rings is 8. The van der Waals surface area contributed by atoms with Gasteiger partial charge in [-0.2, -0.15) is 5.10 Å². The van der Waals surface area contributed by atoms with Crippen LogP contribution < -0.4 is 0 Å². The quantitative estimate of drug-likeness (QED) is 0.184. The first-order valence-electron chi connectivity index (χ1n) is 18.3. The lowest BCUT2D eigenvalue weighted by Gasteiger charge is -2.12. The molecular formula is C49H30N4O. The van der Waals surface area contributed by atoms with Crippen molar-refractivity contribution in [3.63, 3.8) is 0 Å². The van der Waals surface area contributed by atoms with Crippen molar-refractivity contribution in [2.24, 2.45) is 0 Å². The van der Waals surface area contributed by atoms with E-state index in [-0.39, 0.29) is 0 Å². The van der Waals surface area contributed by atoms with Crippen LogP contribution in [0.3, 0.4) is 0 Å². The summed E-state index contributed by atoms with van der Waals surface area (Å²) < 4.78 is 13.6. The van der Waals surface area contributed by atoms with Crippen molar-refractivity contribution in [1.29, 1.82) is 0 Å². The number of hydrogen-bond acceptors (Lipinski definition) is 2. The minimum absolute atomic E-state index is 0.881. The molecule has 0 spiro atoms. The maximum atomic E-state index is 6.78. The van der Waals surface area contributed by atoms with Gasteiger partial charge in [-0.1, -0.05) is 115 Å². The number of para-hydroxylation sites is 4. The third kappa shape index (κ3) is 4.06. The topological polar surface area (TPSA) is 40.8 Å². The van der Waals surface area contributed by atoms with Crippen molar-refractivity contribution in [1.82, 2.24) is 18.9 Å². The van der Waals surface area contributed by atoms with Crippen molar-refractivity contribution >= 4 is 76.5 Å². The molecule has 0 aliphatic rings. The summed E-state index contributed by atoms with van der Waals surface area (Å²) in [4.78, 5) is 0. The molecule has 0 saturated carbocycles. The summed E-state index contributed by atoms with van der Waals surface area (Å²) in [5.41, 5.74) is 12.5. The molecule has 0 atom stereocenters. The van der Waals surface area contributed by atoms with Crippen LogP contribution in [0.2, 0.25) is 0 Å². The average Bonchev–Trinajstić information content (AvgIpc) is 3.98. The maximum Gasteiger partial charge on any atom is 0.160 e. The first-order chi connectivity index (χ1) is 26.8. The summed E-state index contributed by atoms with van der Waals surface area (Å²) in [6.07, 6.45) is 0. The number of nitrogens with zero attached hydrogens (tertiary/aromatic N) is 4. The summed E-state index contributed by atoms with van der Waals surface area (Å²) in [5, 5.41) is 13.4. The highest BCUT2D eigenvalue weighted by atomic mass is 16.3. The minimum Gasteiger partial charge on any atom is -0.454 e. The van der Waals surface area contributed by atoms with Crippen LogP contribution in [-0.4, -0.2) is 18.9 Å². The smallest absolute Gasteiger partial charge is 0.160 e. The van der Waals surface area contributed by atoms with Crippen LogP contribution in [0.1, 0.15) is 0 Å². The van der Waals surface area contributed by atoms with Gasteiger partial charge in [-0.15, -0.1) is 0 Å². The Morgan fingerprint density at radius 3 is 1.85 bits per heavy atom. The summed E-state index contributed by atoms with van der Waals surface area (Å²) in [5.74, 6) is 0. The second-order valence-corrected chi connectivity index (χ2v) is 14.0. The van der Waals surface area contributed by atoms with Crippen molar-refractivity contribution in [3.8, 4) is 28.3 Å². The molecule has 0 saturated heterocycles. The van der Waals surface area contributed by atoms with Gasteiger partial charge in [-0.25, -0.2) is 4.68 Å². The van der Waals surface area contributed by atoms with Gasteiger partial charge in [0, 0.05) is 54.6 Å². The highest BCUT2D eigenvalue weighted by Gasteiger charge is 2.23. The van der Waals surface area contributed by atoms with Crippen LogP contribution in [0.5, 0.6) is 0 Å². The number of fused-ring (bicyclic) bond motifs is 11. The molecule has 0 unspecified atom stereocenters. The number of furan rings is 1. The standard InChI is InChI=1S/C49H30N4O/c1-3-14-31(15-4-1)47-39-22-8-11-24-43(39)53(50-47)34-19-13-18-33(28-34)52-45-30-44-40(35-20-7-10-23-42(35)51(44)32-16-5-2-6-17-32)29-41(45)37-26-27-38-36-21-9-12-25-46(36)54-49(38)48(37)52/h1-30H. The second kappa shape index (κ2) is 11.1. The molecule has 4 aromatic heterocycles. The fourth-order valence-corrected chi connectivity index (χ4v) is 8.70. The molecule has 0 aliphatic heterocycles. The summed E-state index contributed by atoms with van der Waals surface area (Å²) >= 11 is 0. The molecule has 5 heteroatoms. The third-order valence-electron chi connectivity index (χ3n) is 11.0. The maximum absolute atomic E-state index is 6.78. The second-order valence-electron chi connectivity index (χ2n) is 14.0. The molecular weight excluding hydrogens is 661 g/mol. The first kappa shape index (κ1) is 29.2. The van der Waals surface area contributed by atoms with Crippen molar-refractivity contribution in [3.05, 3.63) is 182 Å². The Morgan fingerprint density at radius 1 is 0.370 bits per heavy atom. The molecule has 12 aromatic rings. The van der Waals surface area contributed by atoms with Gasteiger partial charge in [0.15, 0.2) is 5.58 Å². The molecule has 12 rings (SSSR count). The minimum atomic E-state index is 0.881. The van der Waals surface area contributed by atoms with Gasteiger partial charge in [-0.3, -0.25) is 0 Å². The zero-order chi connectivity index (χ0) is 35.3. The molecule has 4 heterocycles. The summed E-state index contributed by atoms with van der Waals surface area (Å²) in [6, 6.07) is 64.6. The number of aromatic nitrogens is 4. The summed E-state index contributed by atoms with van der Waals surface area (Å²) in [7, 11) is 0. The van der Waals surface area contributed by atoms with Crippen LogP contribution in [-0.2, 0) is 0 Å². The molecule has 0 N–H and O–H groups in total. The Hall–Kier alpha value is -7.37. The molecule has 0 radical (unpaired) electrons. The van der Waals surface area contributed by atoms with E-state index in [0.717, 1.165) is 83.1 Å². The summed E-state index contributed by atoms with van der Waals surface area (Å²) in [6.45, 7) is 0. The molecule has 5 nitrogen and oxygen atoms in total. The van der Waals surface area contributed by atoms with Gasteiger partial charge in [-0.05, 0) is 66.7 Å². The van der Waals surface area contributed by atoms with Crippen LogP contribution in [0.15, 0.2) is 186 Å². The highest BCUT2D eigenvalue weighted by Crippen LogP contribution is 2.43. The van der Waals surface area contributed by atoms with Crippen LogP contribution >= 0.6 is 0 Å². The lowest BCUT2D eigenvalue weighted by Crippen LogP contribution is -2.00. The molecule has 54 heavy (non-hydrogen) atoms. The molecule has 0 amide bonds. The highest BCUT2D eigenvalue weighted by molar-refractivity contribution is 6.24. The van der Waals surface area contributed by atoms with Gasteiger partial charge < -0.3 is 13.6 Å². The fraction of sp³-hybridized carbons (Fsp3) is 0. The molecule has 0 fully saturated rings. The first-order valence-corrected chi connectivity index (χ1v) is 18.3. The van der Waals surface area contributed by atoms with Crippen LogP contribution in [0, 0.1) is 0 Å². The van der Waals surface area contributed by atoms with Crippen molar-refractivity contribution < 1.29 is 4.42 Å². The van der Waals surface area contributed by atoms with E-state index >= 15 is 0 Å². The zero-order valence-corrected chi connectivity index (χ0v) is 29.0. The Kier molecular flexibility index (Phi) is 5.99. The molecule has 0 bridgehead atoms. The van der Waals surface area contributed by atoms with E-state index in [1.54, 1.807) is 0 Å². The molecule has 0 aliphatic carbocycles. The molecule has 252 valence electrons. The Bertz CT molecular complexity index is 3440. The van der Waals surface area contributed by atoms with Crippen molar-refractivity contribution in [2.45, 2.75) is 0 Å². The van der Waals surface area contributed by atoms with Crippen molar-refractivity contribution in [2.75, 3.05) is 0 Å². The SMILES string of the molecule is c1ccc(-c2nn(-c3cccc(-n4c5cc6c(cc5c5ccc7c8ccccc8oc7c54)c4ccccc4n6-c4ccccc4)c3)c3ccccc23)cc1.